The molecule has 1 saturated heterocycles. The molecular formula is C12H18N6O2. The molecule has 2 aromatic rings. The summed E-state index contributed by atoms with van der Waals surface area (Å²) in [5, 5.41) is 3.28. The molecule has 1 aliphatic rings. The maximum Gasteiger partial charge on any atom is 0.330 e. The molecule has 0 atom stereocenters. The molecule has 8 heteroatoms. The lowest BCUT2D eigenvalue weighted by atomic mass is 10.4. The van der Waals surface area contributed by atoms with Crippen molar-refractivity contribution in [2.75, 3.05) is 31.1 Å². The van der Waals surface area contributed by atoms with Gasteiger partial charge in [0, 0.05) is 39.8 Å². The molecule has 0 spiro atoms. The molecular weight excluding hydrogens is 260 g/mol. The second-order valence-electron chi connectivity index (χ2n) is 4.88. The number of fused-ring (bicyclic) bond motifs is 1. The van der Waals surface area contributed by atoms with Crippen molar-refractivity contribution < 1.29 is 0 Å². The lowest BCUT2D eigenvalue weighted by Gasteiger charge is -2.28. The van der Waals surface area contributed by atoms with E-state index in [1.54, 1.807) is 4.57 Å². The molecule has 3 rings (SSSR count). The highest BCUT2D eigenvalue weighted by molar-refractivity contribution is 5.74. The van der Waals surface area contributed by atoms with Gasteiger partial charge in [0.15, 0.2) is 11.2 Å². The van der Waals surface area contributed by atoms with Crippen LogP contribution in [-0.2, 0) is 13.6 Å². The normalized spacial score (nSPS) is 16.0. The largest absolute Gasteiger partial charge is 0.340 e. The van der Waals surface area contributed by atoms with Crippen molar-refractivity contribution in [1.29, 1.82) is 0 Å². The molecule has 0 amide bonds. The van der Waals surface area contributed by atoms with Crippen LogP contribution in [0.15, 0.2) is 9.59 Å². The molecule has 0 aromatic carbocycles. The molecule has 2 N–H and O–H groups in total. The number of piperazine rings is 1. The highest BCUT2D eigenvalue weighted by Gasteiger charge is 2.20. The minimum Gasteiger partial charge on any atom is -0.340 e. The SMILES string of the molecule is CCn1c(=O)[nH]c(=O)c2c1nc(N1CCNCC1)n2C. The van der Waals surface area contributed by atoms with Crippen molar-refractivity contribution >= 4 is 17.1 Å². The van der Waals surface area contributed by atoms with Gasteiger partial charge in [-0.3, -0.25) is 14.3 Å². The van der Waals surface area contributed by atoms with Gasteiger partial charge in [-0.05, 0) is 6.92 Å². The summed E-state index contributed by atoms with van der Waals surface area (Å²) in [6.07, 6.45) is 0. The lowest BCUT2D eigenvalue weighted by molar-refractivity contribution is 0.575. The Bertz CT molecular complexity index is 750. The Balaban J connectivity index is 2.25. The van der Waals surface area contributed by atoms with Crippen LogP contribution in [0.5, 0.6) is 0 Å². The van der Waals surface area contributed by atoms with Crippen molar-refractivity contribution in [3.8, 4) is 0 Å². The van der Waals surface area contributed by atoms with Gasteiger partial charge in [-0.1, -0.05) is 0 Å². The average Bonchev–Trinajstić information content (AvgIpc) is 2.78. The van der Waals surface area contributed by atoms with Crippen molar-refractivity contribution in [3.05, 3.63) is 20.8 Å². The number of rotatable bonds is 2. The Kier molecular flexibility index (Phi) is 3.09. The number of hydrogen-bond donors (Lipinski definition) is 2. The van der Waals surface area contributed by atoms with Gasteiger partial charge in [0.2, 0.25) is 5.95 Å². The van der Waals surface area contributed by atoms with E-state index in [0.29, 0.717) is 17.7 Å². The number of hydrogen-bond acceptors (Lipinski definition) is 5. The number of imidazole rings is 1. The van der Waals surface area contributed by atoms with E-state index >= 15 is 0 Å². The molecule has 8 nitrogen and oxygen atoms in total. The summed E-state index contributed by atoms with van der Waals surface area (Å²) in [7, 11) is 1.81. The zero-order valence-electron chi connectivity index (χ0n) is 11.6. The molecule has 1 aliphatic heterocycles. The van der Waals surface area contributed by atoms with Crippen molar-refractivity contribution in [2.24, 2.45) is 7.05 Å². The van der Waals surface area contributed by atoms with E-state index in [4.69, 9.17) is 0 Å². The number of anilines is 1. The molecule has 108 valence electrons. The summed E-state index contributed by atoms with van der Waals surface area (Å²) >= 11 is 0. The van der Waals surface area contributed by atoms with Gasteiger partial charge in [0.05, 0.1) is 0 Å². The highest BCUT2D eigenvalue weighted by atomic mass is 16.2. The number of nitrogens with one attached hydrogen (secondary N) is 2. The van der Waals surface area contributed by atoms with E-state index in [9.17, 15) is 9.59 Å². The van der Waals surface area contributed by atoms with Crippen LogP contribution in [0.4, 0.5) is 5.95 Å². The zero-order valence-corrected chi connectivity index (χ0v) is 11.6. The number of aryl methyl sites for hydroxylation is 2. The van der Waals surface area contributed by atoms with E-state index in [0.717, 1.165) is 32.1 Å². The van der Waals surface area contributed by atoms with Gasteiger partial charge in [-0.25, -0.2) is 4.79 Å². The number of aromatic nitrogens is 4. The maximum atomic E-state index is 12.0. The van der Waals surface area contributed by atoms with Crippen LogP contribution >= 0.6 is 0 Å². The third kappa shape index (κ3) is 1.83. The second kappa shape index (κ2) is 4.78. The molecule has 0 radical (unpaired) electrons. The van der Waals surface area contributed by atoms with Crippen LogP contribution in [0.1, 0.15) is 6.92 Å². The zero-order chi connectivity index (χ0) is 14.3. The Morgan fingerprint density at radius 2 is 1.95 bits per heavy atom. The van der Waals surface area contributed by atoms with Crippen LogP contribution in [0.3, 0.4) is 0 Å². The summed E-state index contributed by atoms with van der Waals surface area (Å²) in [4.78, 5) is 32.8. The summed E-state index contributed by atoms with van der Waals surface area (Å²) in [5.41, 5.74) is 0.110. The summed E-state index contributed by atoms with van der Waals surface area (Å²) in [6.45, 7) is 5.79. The van der Waals surface area contributed by atoms with Crippen LogP contribution in [0.25, 0.3) is 11.2 Å². The fourth-order valence-electron chi connectivity index (χ4n) is 2.68. The first kappa shape index (κ1) is 12.9. The first-order valence-electron chi connectivity index (χ1n) is 6.78. The Morgan fingerprint density at radius 3 is 2.60 bits per heavy atom. The third-order valence-corrected chi connectivity index (χ3v) is 3.71. The molecule has 2 aromatic heterocycles. The average molecular weight is 278 g/mol. The predicted molar refractivity (Wildman–Crippen MR) is 76.4 cm³/mol. The first-order chi connectivity index (χ1) is 9.63. The maximum absolute atomic E-state index is 12.0. The van der Waals surface area contributed by atoms with Gasteiger partial charge in [0.25, 0.3) is 5.56 Å². The standard InChI is InChI=1S/C12H18N6O2/c1-3-18-9-8(10(19)15-12(18)20)16(2)11(14-9)17-6-4-13-5-7-17/h13H,3-7H2,1-2H3,(H,15,19,20). The first-order valence-corrected chi connectivity index (χ1v) is 6.78. The van der Waals surface area contributed by atoms with Gasteiger partial charge >= 0.3 is 5.69 Å². The molecule has 3 heterocycles. The quantitative estimate of drug-likeness (QED) is 0.724. The van der Waals surface area contributed by atoms with E-state index < -0.39 is 5.69 Å². The monoisotopic (exact) mass is 278 g/mol. The Morgan fingerprint density at radius 1 is 1.25 bits per heavy atom. The van der Waals surface area contributed by atoms with Crippen molar-refractivity contribution in [1.82, 2.24) is 24.4 Å². The summed E-state index contributed by atoms with van der Waals surface area (Å²) in [5.74, 6) is 0.736. The van der Waals surface area contributed by atoms with E-state index in [1.165, 1.54) is 4.57 Å². The molecule has 0 bridgehead atoms. The van der Waals surface area contributed by atoms with E-state index in [1.807, 2.05) is 14.0 Å². The highest BCUT2D eigenvalue weighted by Crippen LogP contribution is 2.18. The van der Waals surface area contributed by atoms with E-state index in [2.05, 4.69) is 20.2 Å². The minimum absolute atomic E-state index is 0.383. The van der Waals surface area contributed by atoms with Gasteiger partial charge in [-0.15, -0.1) is 0 Å². The molecule has 0 saturated carbocycles. The number of aromatic amines is 1. The van der Waals surface area contributed by atoms with Crippen LogP contribution in [0, 0.1) is 0 Å². The fraction of sp³-hybridized carbons (Fsp3) is 0.583. The topological polar surface area (TPSA) is 87.9 Å². The van der Waals surface area contributed by atoms with Crippen LogP contribution in [-0.4, -0.2) is 45.3 Å². The van der Waals surface area contributed by atoms with Crippen molar-refractivity contribution in [3.63, 3.8) is 0 Å². The van der Waals surface area contributed by atoms with Crippen LogP contribution in [0.2, 0.25) is 0 Å². The number of H-pyrrole nitrogens is 1. The van der Waals surface area contributed by atoms with Gasteiger partial charge in [-0.2, -0.15) is 4.98 Å². The second-order valence-corrected chi connectivity index (χ2v) is 4.88. The summed E-state index contributed by atoms with van der Waals surface area (Å²) in [6, 6.07) is 0. The van der Waals surface area contributed by atoms with Gasteiger partial charge < -0.3 is 14.8 Å². The van der Waals surface area contributed by atoms with Crippen LogP contribution < -0.4 is 21.5 Å². The third-order valence-electron chi connectivity index (χ3n) is 3.71. The predicted octanol–water partition coefficient (Wildman–Crippen LogP) is -1.15. The molecule has 1 fully saturated rings. The lowest BCUT2D eigenvalue weighted by Crippen LogP contribution is -2.44. The molecule has 0 aliphatic carbocycles. The summed E-state index contributed by atoms with van der Waals surface area (Å²) < 4.78 is 3.26. The van der Waals surface area contributed by atoms with E-state index in [-0.39, 0.29) is 5.56 Å². The Hall–Kier alpha value is -2.09. The minimum atomic E-state index is -0.407. The van der Waals surface area contributed by atoms with Crippen molar-refractivity contribution in [2.45, 2.75) is 13.5 Å². The Labute approximate surface area is 115 Å². The molecule has 20 heavy (non-hydrogen) atoms. The smallest absolute Gasteiger partial charge is 0.330 e. The number of nitrogens with zero attached hydrogens (tertiary/aromatic N) is 4. The fourth-order valence-corrected chi connectivity index (χ4v) is 2.68. The molecule has 0 unspecified atom stereocenters. The van der Waals surface area contributed by atoms with Gasteiger partial charge in [0.1, 0.15) is 0 Å².